The Morgan fingerprint density at radius 1 is 0.787 bits per heavy atom. The number of rotatable bonds is 13. The third-order valence-electron chi connectivity index (χ3n) is 6.75. The van der Waals surface area contributed by atoms with Crippen molar-refractivity contribution < 1.29 is 28.6 Å². The summed E-state index contributed by atoms with van der Waals surface area (Å²) in [6.45, 7) is 1.91. The first kappa shape index (κ1) is 35.2. The number of ether oxygens (including phenoxy) is 3. The van der Waals surface area contributed by atoms with Gasteiger partial charge in [0, 0.05) is 21.8 Å². The fourth-order valence-corrected chi connectivity index (χ4v) is 5.73. The van der Waals surface area contributed by atoms with Crippen molar-refractivity contribution in [3.05, 3.63) is 112 Å². The lowest BCUT2D eigenvalue weighted by molar-refractivity contribution is -0.116. The average Bonchev–Trinajstić information content (AvgIpc) is 3.08. The maximum atomic E-state index is 13.7. The van der Waals surface area contributed by atoms with Crippen LogP contribution in [-0.4, -0.2) is 44.3 Å². The molecule has 244 valence electrons. The van der Waals surface area contributed by atoms with E-state index < -0.39 is 17.1 Å². The highest BCUT2D eigenvalue weighted by Gasteiger charge is 2.20. The minimum absolute atomic E-state index is 0.0291. The van der Waals surface area contributed by atoms with E-state index in [0.717, 1.165) is 4.90 Å². The number of carbonyl (C=O) groups is 3. The van der Waals surface area contributed by atoms with Crippen molar-refractivity contribution in [3.63, 3.8) is 0 Å². The lowest BCUT2D eigenvalue weighted by atomic mass is 10.1. The van der Waals surface area contributed by atoms with Crippen molar-refractivity contribution in [2.24, 2.45) is 0 Å². The summed E-state index contributed by atoms with van der Waals surface area (Å²) < 4.78 is 16.3. The highest BCUT2D eigenvalue weighted by molar-refractivity contribution is 8.00. The molecule has 0 radical (unpaired) electrons. The second-order valence-electron chi connectivity index (χ2n) is 9.95. The molecule has 3 N–H and O–H groups in total. The molecule has 1 atom stereocenters. The van der Waals surface area contributed by atoms with Gasteiger partial charge in [-0.25, -0.2) is 0 Å². The first-order valence-corrected chi connectivity index (χ1v) is 16.0. The van der Waals surface area contributed by atoms with Gasteiger partial charge < -0.3 is 30.2 Å². The van der Waals surface area contributed by atoms with Gasteiger partial charge in [-0.15, -0.1) is 11.8 Å². The molecule has 0 aliphatic rings. The van der Waals surface area contributed by atoms with Crippen LogP contribution in [0.15, 0.2) is 95.5 Å². The van der Waals surface area contributed by atoms with Gasteiger partial charge in [-0.2, -0.15) is 0 Å². The zero-order valence-corrected chi connectivity index (χ0v) is 28.4. The highest BCUT2D eigenvalue weighted by atomic mass is 35.5. The number of carbonyl (C=O) groups excluding carboxylic acids is 3. The molecule has 4 rings (SSSR count). The van der Waals surface area contributed by atoms with Crippen LogP contribution in [0.2, 0.25) is 10.0 Å². The molecule has 0 aliphatic carbocycles. The highest BCUT2D eigenvalue weighted by Crippen LogP contribution is 2.39. The Kier molecular flexibility index (Phi) is 12.6. The SMILES string of the molecule is CCC(Sc1cccc(NC(=O)/C(=C\c2cc(OC)c(OC)c(OC)c2)NC(=O)c2ccccc2)c1)C(=O)Nc1ccc(Cl)c(Cl)c1. The van der Waals surface area contributed by atoms with E-state index in [2.05, 4.69) is 16.0 Å². The summed E-state index contributed by atoms with van der Waals surface area (Å²) in [5.74, 6) is -0.102. The van der Waals surface area contributed by atoms with Crippen LogP contribution >= 0.6 is 35.0 Å². The maximum absolute atomic E-state index is 13.7. The van der Waals surface area contributed by atoms with E-state index in [1.807, 2.05) is 13.0 Å². The van der Waals surface area contributed by atoms with E-state index in [-0.39, 0.29) is 11.6 Å². The number of methoxy groups -OCH3 is 3. The van der Waals surface area contributed by atoms with Gasteiger partial charge in [0.05, 0.1) is 36.6 Å². The van der Waals surface area contributed by atoms with Gasteiger partial charge in [-0.05, 0) is 78.7 Å². The first-order chi connectivity index (χ1) is 22.6. The van der Waals surface area contributed by atoms with Crippen LogP contribution in [-0.2, 0) is 9.59 Å². The number of halogens is 2. The minimum atomic E-state index is -0.574. The quantitative estimate of drug-likeness (QED) is 0.0962. The summed E-state index contributed by atoms with van der Waals surface area (Å²) in [7, 11) is 4.47. The van der Waals surface area contributed by atoms with Gasteiger partial charge in [-0.1, -0.05) is 54.4 Å². The predicted molar refractivity (Wildman–Crippen MR) is 188 cm³/mol. The third-order valence-corrected chi connectivity index (χ3v) is 8.84. The lowest BCUT2D eigenvalue weighted by Crippen LogP contribution is -2.30. The van der Waals surface area contributed by atoms with E-state index in [9.17, 15) is 14.4 Å². The molecule has 0 saturated heterocycles. The van der Waals surface area contributed by atoms with Crippen molar-refractivity contribution >= 4 is 70.1 Å². The summed E-state index contributed by atoms with van der Waals surface area (Å²) in [6, 6.07) is 23.9. The van der Waals surface area contributed by atoms with Gasteiger partial charge in [0.15, 0.2) is 11.5 Å². The van der Waals surface area contributed by atoms with Crippen molar-refractivity contribution in [2.45, 2.75) is 23.5 Å². The predicted octanol–water partition coefficient (Wildman–Crippen LogP) is 7.94. The Labute approximate surface area is 287 Å². The van der Waals surface area contributed by atoms with E-state index >= 15 is 0 Å². The Morgan fingerprint density at radius 3 is 2.09 bits per heavy atom. The Morgan fingerprint density at radius 2 is 1.47 bits per heavy atom. The number of anilines is 2. The van der Waals surface area contributed by atoms with Gasteiger partial charge in [0.1, 0.15) is 5.70 Å². The van der Waals surface area contributed by atoms with Crippen LogP contribution in [0.3, 0.4) is 0 Å². The van der Waals surface area contributed by atoms with Crippen LogP contribution in [0.1, 0.15) is 29.3 Å². The van der Waals surface area contributed by atoms with E-state index in [1.54, 1.807) is 78.9 Å². The largest absolute Gasteiger partial charge is 0.493 e. The van der Waals surface area contributed by atoms with Gasteiger partial charge in [-0.3, -0.25) is 14.4 Å². The van der Waals surface area contributed by atoms with Gasteiger partial charge >= 0.3 is 0 Å². The maximum Gasteiger partial charge on any atom is 0.272 e. The summed E-state index contributed by atoms with van der Waals surface area (Å²) in [6.07, 6.45) is 2.06. The van der Waals surface area contributed by atoms with Crippen molar-refractivity contribution in [2.75, 3.05) is 32.0 Å². The van der Waals surface area contributed by atoms with Crippen molar-refractivity contribution in [3.8, 4) is 17.2 Å². The average molecular weight is 695 g/mol. The molecule has 0 aromatic heterocycles. The normalized spacial score (nSPS) is 11.7. The molecular formula is C35H33Cl2N3O6S. The fraction of sp³-hybridized carbons (Fsp3) is 0.171. The number of amides is 3. The molecule has 4 aromatic carbocycles. The molecule has 3 amide bonds. The topological polar surface area (TPSA) is 115 Å². The summed E-state index contributed by atoms with van der Waals surface area (Å²) >= 11 is 13.4. The Balaban J connectivity index is 1.58. The summed E-state index contributed by atoms with van der Waals surface area (Å²) in [5.41, 5.74) is 1.86. The molecule has 0 spiro atoms. The first-order valence-electron chi connectivity index (χ1n) is 14.4. The second-order valence-corrected chi connectivity index (χ2v) is 12.0. The molecule has 0 saturated carbocycles. The molecule has 0 heterocycles. The van der Waals surface area contributed by atoms with E-state index in [0.29, 0.717) is 56.2 Å². The Hall–Kier alpha value is -4.64. The number of nitrogens with one attached hydrogen (secondary N) is 3. The smallest absolute Gasteiger partial charge is 0.272 e. The number of thioether (sulfide) groups is 1. The third kappa shape index (κ3) is 9.45. The minimum Gasteiger partial charge on any atom is -0.493 e. The molecule has 0 fully saturated rings. The van der Waals surface area contributed by atoms with Gasteiger partial charge in [0.25, 0.3) is 11.8 Å². The molecule has 4 aromatic rings. The zero-order valence-electron chi connectivity index (χ0n) is 26.1. The number of hydrogen-bond donors (Lipinski definition) is 3. The van der Waals surface area contributed by atoms with Crippen LogP contribution in [0.25, 0.3) is 6.08 Å². The second kappa shape index (κ2) is 16.8. The molecular weight excluding hydrogens is 661 g/mol. The van der Waals surface area contributed by atoms with Crippen LogP contribution in [0, 0.1) is 0 Å². The molecule has 47 heavy (non-hydrogen) atoms. The van der Waals surface area contributed by atoms with Gasteiger partial charge in [0.2, 0.25) is 11.7 Å². The van der Waals surface area contributed by atoms with E-state index in [4.69, 9.17) is 37.4 Å². The fourth-order valence-electron chi connectivity index (χ4n) is 4.42. The van der Waals surface area contributed by atoms with Crippen molar-refractivity contribution in [1.29, 1.82) is 0 Å². The molecule has 9 nitrogen and oxygen atoms in total. The van der Waals surface area contributed by atoms with Crippen molar-refractivity contribution in [1.82, 2.24) is 5.32 Å². The molecule has 0 bridgehead atoms. The van der Waals surface area contributed by atoms with Crippen LogP contribution < -0.4 is 30.2 Å². The zero-order chi connectivity index (χ0) is 33.9. The monoisotopic (exact) mass is 693 g/mol. The number of hydrogen-bond acceptors (Lipinski definition) is 7. The molecule has 1 unspecified atom stereocenters. The van der Waals surface area contributed by atoms with Crippen LogP contribution in [0.4, 0.5) is 11.4 Å². The Bertz CT molecular complexity index is 1760. The van der Waals surface area contributed by atoms with Crippen LogP contribution in [0.5, 0.6) is 17.2 Å². The lowest BCUT2D eigenvalue weighted by Gasteiger charge is -2.16. The van der Waals surface area contributed by atoms with E-state index in [1.165, 1.54) is 39.2 Å². The molecule has 12 heteroatoms. The summed E-state index contributed by atoms with van der Waals surface area (Å²) in [4.78, 5) is 40.6. The molecule has 0 aliphatic heterocycles. The standard InChI is InChI=1S/C35H33Cl2N3O6S/c1-5-31(35(43)39-24-14-15-26(36)27(37)20-24)47-25-13-9-12-23(19-25)38-34(42)28(40-33(41)22-10-7-6-8-11-22)16-21-17-29(44-2)32(46-4)30(18-21)45-3/h6-20,31H,5H2,1-4H3,(H,38,42)(H,39,43)(H,40,41)/b28-16+. The summed E-state index contributed by atoms with van der Waals surface area (Å²) in [5, 5.41) is 8.76. The number of benzene rings is 4.